The standard InChI is InChI=1S/C18H17BrN4O2S/c1-23-16(11-25-15-8-3-2-4-9-15)21-22-18(23)26-12-17(24)20-14-7-5-6-13(19)10-14/h2-10H,11-12H2,1H3,(H,20,24). The van der Waals surface area contributed by atoms with Crippen LogP contribution in [0.1, 0.15) is 5.82 Å². The predicted molar refractivity (Wildman–Crippen MR) is 105 cm³/mol. The molecule has 2 aromatic carbocycles. The van der Waals surface area contributed by atoms with Crippen molar-refractivity contribution < 1.29 is 9.53 Å². The zero-order chi connectivity index (χ0) is 18.4. The molecule has 1 aromatic heterocycles. The second kappa shape index (κ2) is 8.86. The van der Waals surface area contributed by atoms with Crippen LogP contribution in [0.15, 0.2) is 64.2 Å². The molecular formula is C18H17BrN4O2S. The van der Waals surface area contributed by atoms with Gasteiger partial charge in [-0.1, -0.05) is 52.0 Å². The molecule has 0 radical (unpaired) electrons. The van der Waals surface area contributed by atoms with Gasteiger partial charge in [-0.15, -0.1) is 10.2 Å². The number of thioether (sulfide) groups is 1. The number of nitrogens with zero attached hydrogens (tertiary/aromatic N) is 3. The minimum atomic E-state index is -0.0989. The van der Waals surface area contributed by atoms with Crippen molar-refractivity contribution >= 4 is 39.3 Å². The second-order valence-electron chi connectivity index (χ2n) is 5.41. The topological polar surface area (TPSA) is 69.0 Å². The Bertz CT molecular complexity index is 886. The normalized spacial score (nSPS) is 10.5. The molecule has 1 N–H and O–H groups in total. The number of para-hydroxylation sites is 1. The molecule has 0 aliphatic rings. The van der Waals surface area contributed by atoms with Crippen molar-refractivity contribution in [2.75, 3.05) is 11.1 Å². The maximum Gasteiger partial charge on any atom is 0.234 e. The number of carbonyl (C=O) groups excluding carboxylic acids is 1. The van der Waals surface area contributed by atoms with Crippen LogP contribution in [0.2, 0.25) is 0 Å². The van der Waals surface area contributed by atoms with Gasteiger partial charge in [0.15, 0.2) is 11.0 Å². The third-order valence-electron chi connectivity index (χ3n) is 3.48. The fourth-order valence-electron chi connectivity index (χ4n) is 2.15. The quantitative estimate of drug-likeness (QED) is 0.573. The van der Waals surface area contributed by atoms with Gasteiger partial charge in [0.2, 0.25) is 5.91 Å². The number of aromatic nitrogens is 3. The molecule has 8 heteroatoms. The number of amides is 1. The highest BCUT2D eigenvalue weighted by Gasteiger charge is 2.12. The van der Waals surface area contributed by atoms with Gasteiger partial charge in [0.25, 0.3) is 0 Å². The largest absolute Gasteiger partial charge is 0.486 e. The summed E-state index contributed by atoms with van der Waals surface area (Å²) in [5.41, 5.74) is 0.750. The molecule has 3 aromatic rings. The van der Waals surface area contributed by atoms with Crippen LogP contribution in [0.4, 0.5) is 5.69 Å². The molecule has 6 nitrogen and oxygen atoms in total. The Morgan fingerprint density at radius 1 is 1.19 bits per heavy atom. The summed E-state index contributed by atoms with van der Waals surface area (Å²) in [6, 6.07) is 17.0. The van der Waals surface area contributed by atoms with E-state index in [1.165, 1.54) is 11.8 Å². The van der Waals surface area contributed by atoms with Gasteiger partial charge in [0, 0.05) is 17.2 Å². The first-order valence-corrected chi connectivity index (χ1v) is 9.64. The highest BCUT2D eigenvalue weighted by atomic mass is 79.9. The lowest BCUT2D eigenvalue weighted by Gasteiger charge is -2.07. The Hall–Kier alpha value is -2.32. The van der Waals surface area contributed by atoms with Crippen molar-refractivity contribution in [3.8, 4) is 5.75 Å². The van der Waals surface area contributed by atoms with E-state index in [2.05, 4.69) is 31.4 Å². The summed E-state index contributed by atoms with van der Waals surface area (Å²) in [5.74, 6) is 1.62. The number of anilines is 1. The van der Waals surface area contributed by atoms with Gasteiger partial charge in [-0.25, -0.2) is 0 Å². The molecule has 0 saturated carbocycles. The molecule has 134 valence electrons. The van der Waals surface area contributed by atoms with Crippen LogP contribution in [0, 0.1) is 0 Å². The number of rotatable bonds is 7. The lowest BCUT2D eigenvalue weighted by molar-refractivity contribution is -0.113. The Morgan fingerprint density at radius 2 is 2.00 bits per heavy atom. The zero-order valence-corrected chi connectivity index (χ0v) is 16.5. The van der Waals surface area contributed by atoms with Crippen LogP contribution < -0.4 is 10.1 Å². The van der Waals surface area contributed by atoms with Gasteiger partial charge in [-0.3, -0.25) is 4.79 Å². The average molecular weight is 433 g/mol. The molecule has 0 atom stereocenters. The molecular weight excluding hydrogens is 416 g/mol. The van der Waals surface area contributed by atoms with E-state index in [9.17, 15) is 4.79 Å². The third-order valence-corrected chi connectivity index (χ3v) is 4.99. The smallest absolute Gasteiger partial charge is 0.234 e. The van der Waals surface area contributed by atoms with Crippen LogP contribution in [0.25, 0.3) is 0 Å². The molecule has 26 heavy (non-hydrogen) atoms. The van der Waals surface area contributed by atoms with Gasteiger partial charge < -0.3 is 14.6 Å². The first kappa shape index (κ1) is 18.5. The number of halogens is 1. The summed E-state index contributed by atoms with van der Waals surface area (Å²) in [7, 11) is 1.86. The fraction of sp³-hybridized carbons (Fsp3) is 0.167. The summed E-state index contributed by atoms with van der Waals surface area (Å²) in [6.45, 7) is 0.318. The van der Waals surface area contributed by atoms with Crippen LogP contribution in [0.3, 0.4) is 0 Å². The average Bonchev–Trinajstić information content (AvgIpc) is 2.99. The van der Waals surface area contributed by atoms with Crippen molar-refractivity contribution in [3.05, 3.63) is 64.9 Å². The van der Waals surface area contributed by atoms with Gasteiger partial charge in [-0.2, -0.15) is 0 Å². The first-order chi connectivity index (χ1) is 12.6. The van der Waals surface area contributed by atoms with Crippen LogP contribution in [0.5, 0.6) is 5.75 Å². The molecule has 1 amide bonds. The van der Waals surface area contributed by atoms with Crippen molar-refractivity contribution in [2.45, 2.75) is 11.8 Å². The van der Waals surface area contributed by atoms with Crippen molar-refractivity contribution in [1.82, 2.24) is 14.8 Å². The van der Waals surface area contributed by atoms with E-state index in [0.29, 0.717) is 17.6 Å². The number of ether oxygens (including phenoxy) is 1. The Kier molecular flexibility index (Phi) is 6.30. The predicted octanol–water partition coefficient (Wildman–Crippen LogP) is 3.89. The van der Waals surface area contributed by atoms with Crippen LogP contribution in [-0.4, -0.2) is 26.4 Å². The highest BCUT2D eigenvalue weighted by Crippen LogP contribution is 2.19. The molecule has 0 bridgehead atoms. The van der Waals surface area contributed by atoms with Crippen LogP contribution >= 0.6 is 27.7 Å². The first-order valence-electron chi connectivity index (χ1n) is 7.86. The van der Waals surface area contributed by atoms with E-state index in [1.54, 1.807) is 0 Å². The molecule has 0 saturated heterocycles. The molecule has 0 unspecified atom stereocenters. The van der Waals surface area contributed by atoms with Crippen molar-refractivity contribution in [2.24, 2.45) is 7.05 Å². The molecule has 0 spiro atoms. The highest BCUT2D eigenvalue weighted by molar-refractivity contribution is 9.10. The summed E-state index contributed by atoms with van der Waals surface area (Å²) in [5, 5.41) is 11.8. The van der Waals surface area contributed by atoms with E-state index >= 15 is 0 Å². The van der Waals surface area contributed by atoms with E-state index < -0.39 is 0 Å². The van der Waals surface area contributed by atoms with Gasteiger partial charge in [0.05, 0.1) is 5.75 Å². The lowest BCUT2D eigenvalue weighted by atomic mass is 10.3. The van der Waals surface area contributed by atoms with E-state index in [4.69, 9.17) is 4.74 Å². The maximum absolute atomic E-state index is 12.1. The summed E-state index contributed by atoms with van der Waals surface area (Å²) >= 11 is 4.71. The van der Waals surface area contributed by atoms with Crippen molar-refractivity contribution in [1.29, 1.82) is 0 Å². The number of nitrogens with one attached hydrogen (secondary N) is 1. The molecule has 0 fully saturated rings. The van der Waals surface area contributed by atoms with E-state index in [-0.39, 0.29) is 11.7 Å². The summed E-state index contributed by atoms with van der Waals surface area (Å²) in [6.07, 6.45) is 0. The Labute approximate surface area is 164 Å². The van der Waals surface area contributed by atoms with E-state index in [1.807, 2.05) is 66.2 Å². The number of benzene rings is 2. The fourth-order valence-corrected chi connectivity index (χ4v) is 3.28. The Balaban J connectivity index is 1.52. The minimum absolute atomic E-state index is 0.0989. The maximum atomic E-state index is 12.1. The van der Waals surface area contributed by atoms with Crippen molar-refractivity contribution in [3.63, 3.8) is 0 Å². The van der Waals surface area contributed by atoms with Gasteiger partial charge in [0.1, 0.15) is 12.4 Å². The Morgan fingerprint density at radius 3 is 2.77 bits per heavy atom. The summed E-state index contributed by atoms with van der Waals surface area (Å²) < 4.78 is 8.44. The third kappa shape index (κ3) is 5.09. The van der Waals surface area contributed by atoms with Gasteiger partial charge >= 0.3 is 0 Å². The van der Waals surface area contributed by atoms with Crippen LogP contribution in [-0.2, 0) is 18.4 Å². The molecule has 1 heterocycles. The number of carbonyl (C=O) groups is 1. The molecule has 0 aliphatic carbocycles. The van der Waals surface area contributed by atoms with E-state index in [0.717, 1.165) is 15.9 Å². The monoisotopic (exact) mass is 432 g/mol. The zero-order valence-electron chi connectivity index (χ0n) is 14.1. The van der Waals surface area contributed by atoms with Gasteiger partial charge in [-0.05, 0) is 30.3 Å². The number of hydrogen-bond donors (Lipinski definition) is 1. The second-order valence-corrected chi connectivity index (χ2v) is 7.26. The SMILES string of the molecule is Cn1c(COc2ccccc2)nnc1SCC(=O)Nc1cccc(Br)c1. The lowest BCUT2D eigenvalue weighted by Crippen LogP contribution is -2.14. The molecule has 0 aliphatic heterocycles. The summed E-state index contributed by atoms with van der Waals surface area (Å²) in [4.78, 5) is 12.1. The number of hydrogen-bond acceptors (Lipinski definition) is 5. The minimum Gasteiger partial charge on any atom is -0.486 e. The molecule has 3 rings (SSSR count).